The van der Waals surface area contributed by atoms with E-state index in [1.165, 1.54) is 16.9 Å². The van der Waals surface area contributed by atoms with Crippen LogP contribution in [0.1, 0.15) is 18.9 Å². The highest BCUT2D eigenvalue weighted by Gasteiger charge is 2.07. The molecule has 1 aromatic heterocycles. The molecule has 1 heterocycles. The van der Waals surface area contributed by atoms with Crippen molar-refractivity contribution in [1.82, 2.24) is 10.3 Å². The van der Waals surface area contributed by atoms with Gasteiger partial charge in [-0.1, -0.05) is 24.3 Å². The molecule has 5 heteroatoms. The molecule has 0 bridgehead atoms. The van der Waals surface area contributed by atoms with Gasteiger partial charge in [-0.3, -0.25) is 4.79 Å². The molecule has 0 radical (unpaired) electrons. The van der Waals surface area contributed by atoms with E-state index in [1.807, 2.05) is 26.0 Å². The molecule has 96 valence electrons. The van der Waals surface area contributed by atoms with Crippen LogP contribution in [-0.4, -0.2) is 24.0 Å². The van der Waals surface area contributed by atoms with Gasteiger partial charge in [-0.15, -0.1) is 0 Å². The van der Waals surface area contributed by atoms with Gasteiger partial charge in [0.15, 0.2) is 5.13 Å². The number of nitrogens with zero attached hydrogens (tertiary/aromatic N) is 1. The number of hydrogen-bond acceptors (Lipinski definition) is 4. The predicted octanol–water partition coefficient (Wildman–Crippen LogP) is 2.54. The fourth-order valence-corrected chi connectivity index (χ4v) is 2.63. The van der Waals surface area contributed by atoms with Crippen molar-refractivity contribution in [2.24, 2.45) is 0 Å². The molecule has 0 aliphatic rings. The van der Waals surface area contributed by atoms with Crippen LogP contribution >= 0.6 is 11.3 Å². The van der Waals surface area contributed by atoms with Gasteiger partial charge in [0, 0.05) is 13.0 Å². The van der Waals surface area contributed by atoms with E-state index in [2.05, 4.69) is 21.7 Å². The second kappa shape index (κ2) is 5.93. The van der Waals surface area contributed by atoms with Crippen LogP contribution in [0.15, 0.2) is 18.2 Å². The molecular formula is C13H17N3OS. The SMILES string of the molecule is CCNCCC(=O)Nc1nc2ccc(C)cc2s1. The summed E-state index contributed by atoms with van der Waals surface area (Å²) < 4.78 is 1.11. The number of aryl methyl sites for hydroxylation is 1. The Balaban J connectivity index is 2.01. The van der Waals surface area contributed by atoms with E-state index in [4.69, 9.17) is 0 Å². The highest BCUT2D eigenvalue weighted by molar-refractivity contribution is 7.22. The van der Waals surface area contributed by atoms with Gasteiger partial charge in [-0.25, -0.2) is 4.98 Å². The van der Waals surface area contributed by atoms with Gasteiger partial charge in [0.25, 0.3) is 0 Å². The van der Waals surface area contributed by atoms with Crippen LogP contribution in [0.25, 0.3) is 10.2 Å². The predicted molar refractivity (Wildman–Crippen MR) is 76.1 cm³/mol. The lowest BCUT2D eigenvalue weighted by Gasteiger charge is -2.01. The largest absolute Gasteiger partial charge is 0.316 e. The second-order valence-corrected chi connectivity index (χ2v) is 5.17. The van der Waals surface area contributed by atoms with Gasteiger partial charge >= 0.3 is 0 Å². The maximum absolute atomic E-state index is 11.6. The van der Waals surface area contributed by atoms with E-state index in [0.717, 1.165) is 16.8 Å². The van der Waals surface area contributed by atoms with E-state index in [0.29, 0.717) is 18.1 Å². The summed E-state index contributed by atoms with van der Waals surface area (Å²) in [6.07, 6.45) is 0.475. The first-order valence-corrected chi connectivity index (χ1v) is 6.88. The molecule has 0 saturated carbocycles. The number of thiazole rings is 1. The maximum Gasteiger partial charge on any atom is 0.227 e. The summed E-state index contributed by atoms with van der Waals surface area (Å²) in [6.45, 7) is 5.65. The van der Waals surface area contributed by atoms with Crippen molar-refractivity contribution in [2.75, 3.05) is 18.4 Å². The Morgan fingerprint density at radius 3 is 3.06 bits per heavy atom. The molecule has 1 amide bonds. The fourth-order valence-electron chi connectivity index (χ4n) is 1.65. The molecule has 0 unspecified atom stereocenters. The van der Waals surface area contributed by atoms with Crippen molar-refractivity contribution in [2.45, 2.75) is 20.3 Å². The quantitative estimate of drug-likeness (QED) is 0.815. The molecule has 1 aromatic carbocycles. The molecule has 2 aromatic rings. The monoisotopic (exact) mass is 263 g/mol. The Morgan fingerprint density at radius 1 is 1.44 bits per heavy atom. The van der Waals surface area contributed by atoms with Crippen molar-refractivity contribution in [3.8, 4) is 0 Å². The van der Waals surface area contributed by atoms with Crippen LogP contribution in [0.5, 0.6) is 0 Å². The first-order chi connectivity index (χ1) is 8.69. The average Bonchev–Trinajstić information content (AvgIpc) is 2.70. The van der Waals surface area contributed by atoms with Crippen LogP contribution in [0.3, 0.4) is 0 Å². The number of amides is 1. The van der Waals surface area contributed by atoms with Crippen molar-refractivity contribution >= 4 is 32.6 Å². The third kappa shape index (κ3) is 3.27. The third-order valence-electron chi connectivity index (χ3n) is 2.57. The summed E-state index contributed by atoms with van der Waals surface area (Å²) in [5.41, 5.74) is 2.14. The van der Waals surface area contributed by atoms with Crippen molar-refractivity contribution < 1.29 is 4.79 Å². The lowest BCUT2D eigenvalue weighted by Crippen LogP contribution is -2.21. The molecule has 18 heavy (non-hydrogen) atoms. The molecule has 0 aliphatic carbocycles. The molecular weight excluding hydrogens is 246 g/mol. The Hall–Kier alpha value is -1.46. The minimum absolute atomic E-state index is 0.00623. The normalized spacial score (nSPS) is 10.8. The summed E-state index contributed by atoms with van der Waals surface area (Å²) in [5, 5.41) is 6.64. The topological polar surface area (TPSA) is 54.0 Å². The number of hydrogen-bond donors (Lipinski definition) is 2. The van der Waals surface area contributed by atoms with Crippen LogP contribution < -0.4 is 10.6 Å². The van der Waals surface area contributed by atoms with Crippen LogP contribution in [0.4, 0.5) is 5.13 Å². The molecule has 0 saturated heterocycles. The van der Waals surface area contributed by atoms with E-state index in [-0.39, 0.29) is 5.91 Å². The lowest BCUT2D eigenvalue weighted by atomic mass is 10.2. The highest BCUT2D eigenvalue weighted by atomic mass is 32.1. The number of fused-ring (bicyclic) bond motifs is 1. The number of aromatic nitrogens is 1. The Morgan fingerprint density at radius 2 is 2.28 bits per heavy atom. The van der Waals surface area contributed by atoms with E-state index < -0.39 is 0 Å². The highest BCUT2D eigenvalue weighted by Crippen LogP contribution is 2.26. The molecule has 2 rings (SSSR count). The van der Waals surface area contributed by atoms with E-state index >= 15 is 0 Å². The third-order valence-corrected chi connectivity index (χ3v) is 3.50. The molecule has 0 spiro atoms. The van der Waals surface area contributed by atoms with Crippen LogP contribution in [-0.2, 0) is 4.79 Å². The average molecular weight is 263 g/mol. The number of rotatable bonds is 5. The lowest BCUT2D eigenvalue weighted by molar-refractivity contribution is -0.116. The van der Waals surface area contributed by atoms with Gasteiger partial charge in [-0.2, -0.15) is 0 Å². The molecule has 0 fully saturated rings. The van der Waals surface area contributed by atoms with Crippen LogP contribution in [0.2, 0.25) is 0 Å². The standard InChI is InChI=1S/C13H17N3OS/c1-3-14-7-6-12(17)16-13-15-10-5-4-9(2)8-11(10)18-13/h4-5,8,14H,3,6-7H2,1-2H3,(H,15,16,17). The summed E-state index contributed by atoms with van der Waals surface area (Å²) in [4.78, 5) is 16.0. The minimum atomic E-state index is 0.00623. The summed E-state index contributed by atoms with van der Waals surface area (Å²) in [6, 6.07) is 6.09. The van der Waals surface area contributed by atoms with E-state index in [1.54, 1.807) is 0 Å². The van der Waals surface area contributed by atoms with Gasteiger partial charge in [-0.05, 0) is 31.2 Å². The van der Waals surface area contributed by atoms with Crippen LogP contribution in [0, 0.1) is 6.92 Å². The van der Waals surface area contributed by atoms with E-state index in [9.17, 15) is 4.79 Å². The number of carbonyl (C=O) groups is 1. The number of anilines is 1. The minimum Gasteiger partial charge on any atom is -0.316 e. The maximum atomic E-state index is 11.6. The first kappa shape index (κ1) is 13.0. The number of benzene rings is 1. The van der Waals surface area contributed by atoms with Gasteiger partial charge in [0.05, 0.1) is 10.2 Å². The smallest absolute Gasteiger partial charge is 0.227 e. The zero-order valence-corrected chi connectivity index (χ0v) is 11.4. The van der Waals surface area contributed by atoms with Gasteiger partial charge < -0.3 is 10.6 Å². The summed E-state index contributed by atoms with van der Waals surface area (Å²) in [7, 11) is 0. The van der Waals surface area contributed by atoms with Gasteiger partial charge in [0.2, 0.25) is 5.91 Å². The number of nitrogens with one attached hydrogen (secondary N) is 2. The Kier molecular flexibility index (Phi) is 4.28. The fraction of sp³-hybridized carbons (Fsp3) is 0.385. The molecule has 2 N–H and O–H groups in total. The Labute approximate surface area is 110 Å². The molecule has 4 nitrogen and oxygen atoms in total. The zero-order chi connectivity index (χ0) is 13.0. The summed E-state index contributed by atoms with van der Waals surface area (Å²) >= 11 is 1.52. The second-order valence-electron chi connectivity index (χ2n) is 4.14. The summed E-state index contributed by atoms with van der Waals surface area (Å²) in [5.74, 6) is 0.00623. The molecule has 0 atom stereocenters. The number of carbonyl (C=O) groups excluding carboxylic acids is 1. The zero-order valence-electron chi connectivity index (χ0n) is 10.6. The van der Waals surface area contributed by atoms with Crippen molar-refractivity contribution in [3.63, 3.8) is 0 Å². The van der Waals surface area contributed by atoms with Crippen molar-refractivity contribution in [3.05, 3.63) is 23.8 Å². The Bertz CT molecular complexity index is 550. The van der Waals surface area contributed by atoms with Gasteiger partial charge in [0.1, 0.15) is 0 Å². The van der Waals surface area contributed by atoms with Crippen molar-refractivity contribution in [1.29, 1.82) is 0 Å². The first-order valence-electron chi connectivity index (χ1n) is 6.07. The molecule has 0 aliphatic heterocycles.